The highest BCUT2D eigenvalue weighted by atomic mass is 28.4. The lowest BCUT2D eigenvalue weighted by molar-refractivity contribution is -0.115. The van der Waals surface area contributed by atoms with E-state index < -0.39 is 8.32 Å². The summed E-state index contributed by atoms with van der Waals surface area (Å²) in [4.78, 5) is 12.1. The summed E-state index contributed by atoms with van der Waals surface area (Å²) in [5.41, 5.74) is 3.44. The van der Waals surface area contributed by atoms with Crippen LogP contribution >= 0.6 is 0 Å². The third kappa shape index (κ3) is 2.35. The van der Waals surface area contributed by atoms with Crippen molar-refractivity contribution in [1.29, 1.82) is 0 Å². The molecule has 1 fully saturated rings. The number of Topliss-reactive ketones (excluding diaryl/α,β-unsaturated/α-hetero) is 1. The summed E-state index contributed by atoms with van der Waals surface area (Å²) in [6, 6.07) is 1.12. The zero-order valence-corrected chi connectivity index (χ0v) is 14.5. The Morgan fingerprint density at radius 1 is 1.35 bits per heavy atom. The molecule has 0 spiro atoms. The maximum Gasteiger partial charge on any atom is 0.199 e. The van der Waals surface area contributed by atoms with Gasteiger partial charge < -0.3 is 4.43 Å². The Bertz CT molecular complexity index is 440. The van der Waals surface area contributed by atoms with Gasteiger partial charge in [0.05, 0.1) is 6.10 Å². The number of hydrogen-bond donors (Lipinski definition) is 0. The molecule has 1 aliphatic carbocycles. The van der Waals surface area contributed by atoms with E-state index in [-0.39, 0.29) is 6.10 Å². The number of carbonyl (C=O) groups is 1. The third-order valence-corrected chi connectivity index (χ3v) is 11.1. The lowest BCUT2D eigenvalue weighted by atomic mass is 9.95. The Morgan fingerprint density at radius 2 is 1.95 bits per heavy atom. The monoisotopic (exact) mass is 292 g/mol. The highest BCUT2D eigenvalue weighted by molar-refractivity contribution is 6.76. The van der Waals surface area contributed by atoms with Crippen molar-refractivity contribution >= 4 is 14.1 Å². The van der Waals surface area contributed by atoms with Crippen molar-refractivity contribution in [3.8, 4) is 0 Å². The molecule has 1 heterocycles. The molecule has 0 saturated carbocycles. The molecule has 0 radical (unpaired) electrons. The van der Waals surface area contributed by atoms with Crippen LogP contribution in [0.4, 0.5) is 0 Å². The van der Waals surface area contributed by atoms with Crippen LogP contribution in [0.15, 0.2) is 23.8 Å². The van der Waals surface area contributed by atoms with Crippen molar-refractivity contribution in [3.05, 3.63) is 23.8 Å². The van der Waals surface area contributed by atoms with Crippen molar-refractivity contribution < 1.29 is 9.22 Å². The largest absolute Gasteiger partial charge is 0.409 e. The quantitative estimate of drug-likeness (QED) is 0.557. The van der Waals surface area contributed by atoms with Gasteiger partial charge in [-0.15, -0.1) is 6.58 Å². The van der Waals surface area contributed by atoms with Gasteiger partial charge in [-0.3, -0.25) is 4.79 Å². The van der Waals surface area contributed by atoms with Crippen LogP contribution in [-0.4, -0.2) is 20.2 Å². The normalized spacial score (nSPS) is 29.2. The summed E-state index contributed by atoms with van der Waals surface area (Å²) in [5, 5.41) is 0. The standard InChI is InChI=1S/C17H28O2Si/c1-7-8-16-17-13(6)15(18)9-14(17)10-20(19-16,11(2)3)12(4)5/h7,11-12,14,16H,1,8-10H2,2-6H3/t14-,16-/m0/s1. The molecule has 1 saturated heterocycles. The molecule has 20 heavy (non-hydrogen) atoms. The van der Waals surface area contributed by atoms with E-state index in [9.17, 15) is 4.79 Å². The second-order valence-electron chi connectivity index (χ2n) is 7.00. The molecule has 2 aliphatic rings. The number of carbonyl (C=O) groups excluding carboxylic acids is 1. The lowest BCUT2D eigenvalue weighted by Crippen LogP contribution is -2.53. The summed E-state index contributed by atoms with van der Waals surface area (Å²) in [6.45, 7) is 15.1. The number of hydrogen-bond acceptors (Lipinski definition) is 2. The van der Waals surface area contributed by atoms with E-state index in [1.807, 2.05) is 13.0 Å². The molecular weight excluding hydrogens is 264 g/mol. The third-order valence-electron chi connectivity index (χ3n) is 5.33. The molecule has 0 N–H and O–H groups in total. The Hall–Kier alpha value is -0.673. The maximum absolute atomic E-state index is 12.1. The minimum atomic E-state index is -1.82. The minimum absolute atomic E-state index is 0.106. The molecule has 2 atom stereocenters. The minimum Gasteiger partial charge on any atom is -0.409 e. The number of rotatable bonds is 4. The Balaban J connectivity index is 2.42. The van der Waals surface area contributed by atoms with Gasteiger partial charge in [0.1, 0.15) is 0 Å². The van der Waals surface area contributed by atoms with Gasteiger partial charge in [0.15, 0.2) is 14.1 Å². The molecule has 0 aromatic heterocycles. The van der Waals surface area contributed by atoms with Crippen LogP contribution in [0.2, 0.25) is 17.1 Å². The molecule has 1 aliphatic heterocycles. The Kier molecular flexibility index (Phi) is 4.40. The van der Waals surface area contributed by atoms with E-state index in [0.29, 0.717) is 29.2 Å². The highest BCUT2D eigenvalue weighted by Crippen LogP contribution is 2.51. The summed E-state index contributed by atoms with van der Waals surface area (Å²) in [7, 11) is -1.82. The van der Waals surface area contributed by atoms with Crippen LogP contribution in [-0.2, 0) is 9.22 Å². The smallest absolute Gasteiger partial charge is 0.199 e. The van der Waals surface area contributed by atoms with Gasteiger partial charge in [0, 0.05) is 6.42 Å². The highest BCUT2D eigenvalue weighted by Gasteiger charge is 2.52. The molecule has 0 unspecified atom stereocenters. The number of allylic oxidation sites excluding steroid dienone is 1. The second-order valence-corrected chi connectivity index (χ2v) is 11.9. The summed E-state index contributed by atoms with van der Waals surface area (Å²) < 4.78 is 6.73. The molecule has 0 bridgehead atoms. The van der Waals surface area contributed by atoms with Crippen molar-refractivity contribution in [2.24, 2.45) is 5.92 Å². The van der Waals surface area contributed by atoms with Gasteiger partial charge in [-0.05, 0) is 47.5 Å². The molecule has 2 rings (SSSR count). The van der Waals surface area contributed by atoms with Crippen LogP contribution in [0.25, 0.3) is 0 Å². The molecule has 112 valence electrons. The molecule has 3 heteroatoms. The van der Waals surface area contributed by atoms with Crippen LogP contribution < -0.4 is 0 Å². The molecule has 0 amide bonds. The van der Waals surface area contributed by atoms with Crippen molar-refractivity contribution in [2.45, 2.75) is 70.7 Å². The van der Waals surface area contributed by atoms with Crippen LogP contribution in [0.1, 0.15) is 47.5 Å². The first-order valence-corrected chi connectivity index (χ1v) is 10.1. The number of ketones is 1. The first kappa shape index (κ1) is 15.7. The van der Waals surface area contributed by atoms with E-state index in [2.05, 4.69) is 34.3 Å². The second kappa shape index (κ2) is 5.61. The fourth-order valence-electron chi connectivity index (χ4n) is 4.14. The Morgan fingerprint density at radius 3 is 2.45 bits per heavy atom. The van der Waals surface area contributed by atoms with Crippen molar-refractivity contribution in [2.75, 3.05) is 0 Å². The maximum atomic E-state index is 12.1. The zero-order chi connectivity index (χ0) is 15.1. The lowest BCUT2D eigenvalue weighted by Gasteiger charge is -2.48. The predicted molar refractivity (Wildman–Crippen MR) is 86.3 cm³/mol. The summed E-state index contributed by atoms with van der Waals surface area (Å²) in [6.07, 6.45) is 3.60. The van der Waals surface area contributed by atoms with E-state index in [4.69, 9.17) is 4.43 Å². The van der Waals surface area contributed by atoms with Crippen LogP contribution in [0.5, 0.6) is 0 Å². The van der Waals surface area contributed by atoms with Crippen LogP contribution in [0, 0.1) is 5.92 Å². The topological polar surface area (TPSA) is 26.3 Å². The first-order chi connectivity index (χ1) is 9.33. The van der Waals surface area contributed by atoms with Crippen molar-refractivity contribution in [3.63, 3.8) is 0 Å². The molecule has 2 nitrogen and oxygen atoms in total. The van der Waals surface area contributed by atoms with Gasteiger partial charge in [0.2, 0.25) is 0 Å². The molecule has 0 aromatic carbocycles. The average Bonchev–Trinajstić information content (AvgIpc) is 2.64. The summed E-state index contributed by atoms with van der Waals surface area (Å²) >= 11 is 0. The van der Waals surface area contributed by atoms with Gasteiger partial charge in [-0.1, -0.05) is 33.8 Å². The van der Waals surface area contributed by atoms with Crippen LogP contribution in [0.3, 0.4) is 0 Å². The van der Waals surface area contributed by atoms with E-state index in [1.54, 1.807) is 0 Å². The van der Waals surface area contributed by atoms with Gasteiger partial charge >= 0.3 is 0 Å². The fraction of sp³-hybridized carbons (Fsp3) is 0.706. The zero-order valence-electron chi connectivity index (χ0n) is 13.5. The number of fused-ring (bicyclic) bond motifs is 1. The predicted octanol–water partition coefficient (Wildman–Crippen LogP) is 4.63. The van der Waals surface area contributed by atoms with Gasteiger partial charge in [-0.2, -0.15) is 0 Å². The van der Waals surface area contributed by atoms with Gasteiger partial charge in [-0.25, -0.2) is 0 Å². The van der Waals surface area contributed by atoms with E-state index >= 15 is 0 Å². The fourth-order valence-corrected chi connectivity index (χ4v) is 8.94. The Labute approximate surface area is 124 Å². The first-order valence-electron chi connectivity index (χ1n) is 7.86. The molecule has 0 aromatic rings. The summed E-state index contributed by atoms with van der Waals surface area (Å²) in [5.74, 6) is 0.776. The van der Waals surface area contributed by atoms with Crippen molar-refractivity contribution in [1.82, 2.24) is 0 Å². The van der Waals surface area contributed by atoms with Gasteiger partial charge in [0.25, 0.3) is 0 Å². The molecular formula is C17H28O2Si. The van der Waals surface area contributed by atoms with E-state index in [1.165, 1.54) is 5.57 Å². The average molecular weight is 292 g/mol. The SMILES string of the molecule is C=CC[C@@H]1O[Si](C(C)C)(C(C)C)C[C@@H]2CC(=O)C(C)=C21. The van der Waals surface area contributed by atoms with E-state index in [0.717, 1.165) is 18.0 Å².